The Bertz CT molecular complexity index is 871. The summed E-state index contributed by atoms with van der Waals surface area (Å²) in [5.74, 6) is 3.25. The summed E-state index contributed by atoms with van der Waals surface area (Å²) in [5, 5.41) is 0. The van der Waals surface area contributed by atoms with E-state index in [1.807, 2.05) is 0 Å². The predicted octanol–water partition coefficient (Wildman–Crippen LogP) is 7.82. The first-order valence-corrected chi connectivity index (χ1v) is 13.0. The minimum absolute atomic E-state index is 0.0490. The lowest BCUT2D eigenvalue weighted by Gasteiger charge is -2.50. The molecule has 0 N–H and O–H groups in total. The number of carbonyl (C=O) groups excluding carboxylic acids is 1. The molecule has 0 amide bonds. The van der Waals surface area contributed by atoms with Crippen molar-refractivity contribution < 1.29 is 9.53 Å². The van der Waals surface area contributed by atoms with Crippen molar-refractivity contribution in [3.8, 4) is 0 Å². The van der Waals surface area contributed by atoms with E-state index in [4.69, 9.17) is 4.74 Å². The standard InChI is InChI=1S/C30H44O2/c1-19(2)20(3)8-9-21(4)26-12-13-27-25-11-10-23-18-24(32-22(5)31)14-16-29(23,6)28(25)15-17-30(26,27)7/h8-11,15,19-21,24,26-27H,12-14,16-18H2,1-7H3/b9-8+/t20-,21+,24+,26+,27-,29+,30-/m0/s1. The van der Waals surface area contributed by atoms with Crippen molar-refractivity contribution in [3.05, 3.63) is 47.1 Å². The van der Waals surface area contributed by atoms with Crippen LogP contribution in [0.5, 0.6) is 0 Å². The molecule has 0 heterocycles. The first-order chi connectivity index (χ1) is 15.1. The molecule has 2 nitrogen and oxygen atoms in total. The van der Waals surface area contributed by atoms with Gasteiger partial charge in [0.1, 0.15) is 6.10 Å². The lowest BCUT2D eigenvalue weighted by atomic mass is 9.54. The molecule has 32 heavy (non-hydrogen) atoms. The highest BCUT2D eigenvalue weighted by Gasteiger charge is 2.54. The summed E-state index contributed by atoms with van der Waals surface area (Å²) < 4.78 is 5.58. The summed E-state index contributed by atoms with van der Waals surface area (Å²) in [6, 6.07) is 0. The van der Waals surface area contributed by atoms with Crippen LogP contribution >= 0.6 is 0 Å². The van der Waals surface area contributed by atoms with Gasteiger partial charge in [-0.05, 0) is 78.3 Å². The van der Waals surface area contributed by atoms with Crippen molar-refractivity contribution in [3.63, 3.8) is 0 Å². The van der Waals surface area contributed by atoms with Crippen molar-refractivity contribution in [2.75, 3.05) is 0 Å². The molecule has 0 spiro atoms. The number of hydrogen-bond acceptors (Lipinski definition) is 2. The SMILES string of the molecule is CC(=O)O[C@@H]1CC[C@]2(C)C(=CC=C3C2=CC[C@@]2(C)[C@@H]([C@H](C)/C=C/[C@H](C)C(C)C)CC[C@@H]32)C1. The molecule has 0 aromatic heterocycles. The van der Waals surface area contributed by atoms with Gasteiger partial charge in [-0.3, -0.25) is 4.79 Å². The zero-order chi connectivity index (χ0) is 23.3. The molecule has 0 aromatic rings. The van der Waals surface area contributed by atoms with Crippen LogP contribution in [0.1, 0.15) is 87.0 Å². The summed E-state index contributed by atoms with van der Waals surface area (Å²) in [6.07, 6.45) is 19.2. The molecule has 2 heteroatoms. The number of esters is 1. The first kappa shape index (κ1) is 23.6. The van der Waals surface area contributed by atoms with Gasteiger partial charge in [0.15, 0.2) is 0 Å². The molecular weight excluding hydrogens is 392 g/mol. The fraction of sp³-hybridized carbons (Fsp3) is 0.700. The van der Waals surface area contributed by atoms with E-state index in [-0.39, 0.29) is 17.5 Å². The van der Waals surface area contributed by atoms with E-state index in [0.29, 0.717) is 29.1 Å². The third-order valence-electron chi connectivity index (χ3n) is 9.76. The summed E-state index contributed by atoms with van der Waals surface area (Å²) in [4.78, 5) is 11.5. The zero-order valence-electron chi connectivity index (χ0n) is 21.4. The van der Waals surface area contributed by atoms with E-state index >= 15 is 0 Å². The van der Waals surface area contributed by atoms with Crippen LogP contribution in [0.15, 0.2) is 47.1 Å². The van der Waals surface area contributed by atoms with Gasteiger partial charge in [-0.15, -0.1) is 0 Å². The van der Waals surface area contributed by atoms with Crippen LogP contribution in [0.4, 0.5) is 0 Å². The molecule has 4 aliphatic rings. The maximum atomic E-state index is 11.5. The molecule has 0 aliphatic heterocycles. The second-order valence-corrected chi connectivity index (χ2v) is 12.0. The lowest BCUT2D eigenvalue weighted by molar-refractivity contribution is -0.147. The van der Waals surface area contributed by atoms with Crippen LogP contribution in [-0.4, -0.2) is 12.1 Å². The Morgan fingerprint density at radius 3 is 2.53 bits per heavy atom. The van der Waals surface area contributed by atoms with Gasteiger partial charge in [0, 0.05) is 18.8 Å². The minimum atomic E-state index is -0.151. The number of fused-ring (bicyclic) bond motifs is 5. The van der Waals surface area contributed by atoms with Crippen LogP contribution in [0.3, 0.4) is 0 Å². The number of rotatable bonds is 5. The molecule has 7 atom stereocenters. The Balaban J connectivity index is 1.57. The molecule has 0 unspecified atom stereocenters. The summed E-state index contributed by atoms with van der Waals surface area (Å²) in [6.45, 7) is 16.0. The van der Waals surface area contributed by atoms with Gasteiger partial charge in [-0.25, -0.2) is 0 Å². The van der Waals surface area contributed by atoms with Gasteiger partial charge in [0.2, 0.25) is 0 Å². The molecule has 4 rings (SSSR count). The maximum absolute atomic E-state index is 11.5. The van der Waals surface area contributed by atoms with E-state index in [1.165, 1.54) is 31.8 Å². The largest absolute Gasteiger partial charge is 0.462 e. The number of ether oxygens (including phenoxy) is 1. The molecule has 0 bridgehead atoms. The average molecular weight is 437 g/mol. The molecule has 2 fully saturated rings. The van der Waals surface area contributed by atoms with E-state index in [0.717, 1.165) is 25.2 Å². The van der Waals surface area contributed by atoms with E-state index in [2.05, 4.69) is 71.9 Å². The Labute approximate surface area is 196 Å². The van der Waals surface area contributed by atoms with Crippen LogP contribution in [0, 0.1) is 40.4 Å². The second-order valence-electron chi connectivity index (χ2n) is 12.0. The van der Waals surface area contributed by atoms with Crippen LogP contribution in [-0.2, 0) is 9.53 Å². The topological polar surface area (TPSA) is 26.3 Å². The van der Waals surface area contributed by atoms with Gasteiger partial charge in [-0.2, -0.15) is 0 Å². The molecule has 4 aliphatic carbocycles. The molecule has 2 saturated carbocycles. The first-order valence-electron chi connectivity index (χ1n) is 13.0. The Morgan fingerprint density at radius 2 is 1.84 bits per heavy atom. The Kier molecular flexibility index (Phi) is 6.38. The van der Waals surface area contributed by atoms with E-state index in [1.54, 1.807) is 11.1 Å². The third-order valence-corrected chi connectivity index (χ3v) is 9.76. The average Bonchev–Trinajstić information content (AvgIpc) is 3.08. The fourth-order valence-electron chi connectivity index (χ4n) is 7.28. The van der Waals surface area contributed by atoms with E-state index in [9.17, 15) is 4.79 Å². The molecule has 0 saturated heterocycles. The normalized spacial score (nSPS) is 38.2. The molecule has 0 radical (unpaired) electrons. The van der Waals surface area contributed by atoms with Crippen molar-refractivity contribution in [1.82, 2.24) is 0 Å². The van der Waals surface area contributed by atoms with Crippen LogP contribution in [0.2, 0.25) is 0 Å². The second kappa shape index (κ2) is 8.65. The van der Waals surface area contributed by atoms with E-state index < -0.39 is 0 Å². The summed E-state index contributed by atoms with van der Waals surface area (Å²) in [7, 11) is 0. The zero-order valence-corrected chi connectivity index (χ0v) is 21.4. The molecule has 176 valence electrons. The van der Waals surface area contributed by atoms with Crippen LogP contribution < -0.4 is 0 Å². The summed E-state index contributed by atoms with van der Waals surface area (Å²) in [5.41, 5.74) is 5.15. The quantitative estimate of drug-likeness (QED) is 0.324. The van der Waals surface area contributed by atoms with Gasteiger partial charge in [-0.1, -0.05) is 77.5 Å². The van der Waals surface area contributed by atoms with Crippen molar-refractivity contribution >= 4 is 5.97 Å². The monoisotopic (exact) mass is 436 g/mol. The van der Waals surface area contributed by atoms with Crippen molar-refractivity contribution in [2.45, 2.75) is 93.1 Å². The highest BCUT2D eigenvalue weighted by molar-refractivity contribution is 5.66. The van der Waals surface area contributed by atoms with Gasteiger partial charge < -0.3 is 4.74 Å². The van der Waals surface area contributed by atoms with Gasteiger partial charge >= 0.3 is 5.97 Å². The maximum Gasteiger partial charge on any atom is 0.302 e. The van der Waals surface area contributed by atoms with Gasteiger partial charge in [0.25, 0.3) is 0 Å². The number of allylic oxidation sites excluding steroid dienone is 7. The van der Waals surface area contributed by atoms with Gasteiger partial charge in [0.05, 0.1) is 0 Å². The minimum Gasteiger partial charge on any atom is -0.462 e. The number of hydrogen-bond donors (Lipinski definition) is 0. The Morgan fingerprint density at radius 1 is 1.09 bits per heavy atom. The predicted molar refractivity (Wildman–Crippen MR) is 133 cm³/mol. The molecule has 0 aromatic carbocycles. The highest BCUT2D eigenvalue weighted by Crippen LogP contribution is 2.64. The van der Waals surface area contributed by atoms with Crippen molar-refractivity contribution in [2.24, 2.45) is 40.4 Å². The third kappa shape index (κ3) is 3.97. The summed E-state index contributed by atoms with van der Waals surface area (Å²) >= 11 is 0. The van der Waals surface area contributed by atoms with Crippen molar-refractivity contribution in [1.29, 1.82) is 0 Å². The Hall–Kier alpha value is -1.57. The number of carbonyl (C=O) groups is 1. The van der Waals surface area contributed by atoms with Crippen LogP contribution in [0.25, 0.3) is 0 Å². The fourth-order valence-corrected chi connectivity index (χ4v) is 7.28. The smallest absolute Gasteiger partial charge is 0.302 e. The lowest BCUT2D eigenvalue weighted by Crippen LogP contribution is -2.41. The molecular formula is C30H44O2. The highest BCUT2D eigenvalue weighted by atomic mass is 16.5.